The van der Waals surface area contributed by atoms with E-state index in [1.807, 2.05) is 0 Å². The Morgan fingerprint density at radius 3 is 2.45 bits per heavy atom. The van der Waals surface area contributed by atoms with Crippen LogP contribution in [0, 0.1) is 5.92 Å². The molecular weight excluding hydrogens is 259 g/mol. The summed E-state index contributed by atoms with van der Waals surface area (Å²) in [7, 11) is -1.48. The largest absolute Gasteiger partial charge is 0.491 e. The van der Waals surface area contributed by atoms with E-state index in [0.29, 0.717) is 43.6 Å². The molecule has 0 unspecified atom stereocenters. The van der Waals surface area contributed by atoms with Gasteiger partial charge in [0.1, 0.15) is 12.4 Å². The van der Waals surface area contributed by atoms with Crippen LogP contribution in [0.1, 0.15) is 13.8 Å². The van der Waals surface area contributed by atoms with Crippen LogP contribution in [0.4, 0.5) is 0 Å². The molecule has 0 aliphatic heterocycles. The van der Waals surface area contributed by atoms with Crippen LogP contribution in [0.3, 0.4) is 0 Å². The smallest absolute Gasteiger partial charge is 0.488 e. The Morgan fingerprint density at radius 1 is 1.05 bits per heavy atom. The van der Waals surface area contributed by atoms with E-state index in [0.717, 1.165) is 6.61 Å². The van der Waals surface area contributed by atoms with Gasteiger partial charge in [0.25, 0.3) is 0 Å². The van der Waals surface area contributed by atoms with Crippen LogP contribution in [-0.2, 0) is 9.47 Å². The summed E-state index contributed by atoms with van der Waals surface area (Å²) >= 11 is 0. The lowest BCUT2D eigenvalue weighted by Gasteiger charge is -2.09. The fourth-order valence-electron chi connectivity index (χ4n) is 1.52. The van der Waals surface area contributed by atoms with Gasteiger partial charge in [0.05, 0.1) is 19.8 Å². The van der Waals surface area contributed by atoms with Crippen LogP contribution in [0.5, 0.6) is 5.75 Å². The summed E-state index contributed by atoms with van der Waals surface area (Å²) in [5.74, 6) is 1.13. The molecule has 1 rings (SSSR count). The number of hydrogen-bond donors (Lipinski definition) is 2. The molecule has 1 aromatic rings. The first-order valence-electron chi connectivity index (χ1n) is 6.84. The van der Waals surface area contributed by atoms with Crippen molar-refractivity contribution >= 4 is 12.6 Å². The molecule has 0 fully saturated rings. The zero-order valence-corrected chi connectivity index (χ0v) is 12.1. The molecule has 0 aromatic heterocycles. The van der Waals surface area contributed by atoms with E-state index in [1.165, 1.54) is 0 Å². The third kappa shape index (κ3) is 7.50. The highest BCUT2D eigenvalue weighted by Gasteiger charge is 2.10. The summed E-state index contributed by atoms with van der Waals surface area (Å²) < 4.78 is 16.2. The minimum absolute atomic E-state index is 0.408. The summed E-state index contributed by atoms with van der Waals surface area (Å²) in [5, 5.41) is 18.1. The summed E-state index contributed by atoms with van der Waals surface area (Å²) in [6, 6.07) is 6.69. The predicted octanol–water partition coefficient (Wildman–Crippen LogP) is 0.434. The minimum Gasteiger partial charge on any atom is -0.491 e. The predicted molar refractivity (Wildman–Crippen MR) is 78.2 cm³/mol. The molecule has 0 heterocycles. The summed E-state index contributed by atoms with van der Waals surface area (Å²) in [6.07, 6.45) is 0. The molecule has 112 valence electrons. The molecule has 2 N–H and O–H groups in total. The minimum atomic E-state index is -1.48. The molecule has 20 heavy (non-hydrogen) atoms. The number of benzene rings is 1. The molecule has 0 saturated carbocycles. The molecule has 0 radical (unpaired) electrons. The highest BCUT2D eigenvalue weighted by atomic mass is 16.5. The van der Waals surface area contributed by atoms with Crippen LogP contribution in [0.2, 0.25) is 0 Å². The lowest BCUT2D eigenvalue weighted by molar-refractivity contribution is 0.0282. The average Bonchev–Trinajstić information content (AvgIpc) is 2.41. The molecule has 1 aromatic carbocycles. The summed E-state index contributed by atoms with van der Waals surface area (Å²) in [4.78, 5) is 0. The monoisotopic (exact) mass is 282 g/mol. The first-order valence-corrected chi connectivity index (χ1v) is 6.84. The molecule has 0 saturated heterocycles. The molecule has 0 bridgehead atoms. The first kappa shape index (κ1) is 17.0. The Bertz CT molecular complexity index is 370. The second kappa shape index (κ2) is 9.77. The second-order valence-corrected chi connectivity index (χ2v) is 4.88. The standard InChI is InChI=1S/C14H23BO5/c1-12(2)11-19-7-6-18-8-9-20-14-5-3-4-13(10-14)15(16)17/h3-5,10,12,16-17H,6-9,11H2,1-2H3. The Labute approximate surface area is 120 Å². The summed E-state index contributed by atoms with van der Waals surface area (Å²) in [6.45, 7) is 6.97. The Morgan fingerprint density at radius 2 is 1.75 bits per heavy atom. The van der Waals surface area contributed by atoms with Crippen LogP contribution in [0.25, 0.3) is 0 Å². The third-order valence-corrected chi connectivity index (χ3v) is 2.48. The van der Waals surface area contributed by atoms with E-state index in [1.54, 1.807) is 24.3 Å². The van der Waals surface area contributed by atoms with Gasteiger partial charge in [-0.25, -0.2) is 0 Å². The van der Waals surface area contributed by atoms with Gasteiger partial charge >= 0.3 is 7.12 Å². The Hall–Kier alpha value is -1.08. The van der Waals surface area contributed by atoms with Crippen LogP contribution < -0.4 is 10.2 Å². The van der Waals surface area contributed by atoms with Crippen molar-refractivity contribution in [2.24, 2.45) is 5.92 Å². The van der Waals surface area contributed by atoms with Gasteiger partial charge in [-0.1, -0.05) is 26.0 Å². The van der Waals surface area contributed by atoms with Crippen molar-refractivity contribution in [2.75, 3.05) is 33.0 Å². The highest BCUT2D eigenvalue weighted by molar-refractivity contribution is 6.58. The maximum Gasteiger partial charge on any atom is 0.488 e. The lowest BCUT2D eigenvalue weighted by atomic mass is 9.80. The van der Waals surface area contributed by atoms with Gasteiger partial charge in [-0.2, -0.15) is 0 Å². The van der Waals surface area contributed by atoms with Crippen molar-refractivity contribution in [3.63, 3.8) is 0 Å². The van der Waals surface area contributed by atoms with Gasteiger partial charge in [0, 0.05) is 6.61 Å². The maximum absolute atomic E-state index is 9.04. The topological polar surface area (TPSA) is 68.2 Å². The molecule has 0 aliphatic rings. The van der Waals surface area contributed by atoms with E-state index >= 15 is 0 Å². The average molecular weight is 282 g/mol. The lowest BCUT2D eigenvalue weighted by Crippen LogP contribution is -2.29. The van der Waals surface area contributed by atoms with Gasteiger partial charge in [-0.15, -0.1) is 0 Å². The molecule has 0 spiro atoms. The van der Waals surface area contributed by atoms with Gasteiger partial charge in [-0.05, 0) is 23.5 Å². The third-order valence-electron chi connectivity index (χ3n) is 2.48. The van der Waals surface area contributed by atoms with Gasteiger partial charge in [0.15, 0.2) is 0 Å². The van der Waals surface area contributed by atoms with Crippen LogP contribution in [-0.4, -0.2) is 50.2 Å². The fourth-order valence-corrected chi connectivity index (χ4v) is 1.52. The van der Waals surface area contributed by atoms with Gasteiger partial charge in [0.2, 0.25) is 0 Å². The molecule has 0 amide bonds. The van der Waals surface area contributed by atoms with Crippen molar-refractivity contribution in [2.45, 2.75) is 13.8 Å². The fraction of sp³-hybridized carbons (Fsp3) is 0.571. The van der Waals surface area contributed by atoms with E-state index in [9.17, 15) is 0 Å². The summed E-state index contributed by atoms with van der Waals surface area (Å²) in [5.41, 5.74) is 0.408. The Balaban J connectivity index is 2.08. The molecule has 5 nitrogen and oxygen atoms in total. The highest BCUT2D eigenvalue weighted by Crippen LogP contribution is 2.07. The molecular formula is C14H23BO5. The zero-order valence-electron chi connectivity index (χ0n) is 12.1. The second-order valence-electron chi connectivity index (χ2n) is 4.88. The van der Waals surface area contributed by atoms with E-state index in [4.69, 9.17) is 24.3 Å². The molecule has 0 atom stereocenters. The van der Waals surface area contributed by atoms with E-state index < -0.39 is 7.12 Å². The van der Waals surface area contributed by atoms with Gasteiger partial charge < -0.3 is 24.3 Å². The molecule has 6 heteroatoms. The van der Waals surface area contributed by atoms with E-state index in [2.05, 4.69) is 13.8 Å². The van der Waals surface area contributed by atoms with E-state index in [-0.39, 0.29) is 0 Å². The van der Waals surface area contributed by atoms with Crippen LogP contribution in [0.15, 0.2) is 24.3 Å². The maximum atomic E-state index is 9.04. The quantitative estimate of drug-likeness (QED) is 0.481. The van der Waals surface area contributed by atoms with Crippen molar-refractivity contribution in [1.29, 1.82) is 0 Å². The number of hydrogen-bond acceptors (Lipinski definition) is 5. The van der Waals surface area contributed by atoms with Crippen molar-refractivity contribution in [3.05, 3.63) is 24.3 Å². The van der Waals surface area contributed by atoms with Crippen molar-refractivity contribution in [3.8, 4) is 5.75 Å². The van der Waals surface area contributed by atoms with Crippen molar-refractivity contribution in [1.82, 2.24) is 0 Å². The normalized spacial score (nSPS) is 10.8. The Kier molecular flexibility index (Phi) is 8.29. The SMILES string of the molecule is CC(C)COCCOCCOc1cccc(B(O)O)c1. The van der Waals surface area contributed by atoms with Gasteiger partial charge in [-0.3, -0.25) is 0 Å². The van der Waals surface area contributed by atoms with Crippen molar-refractivity contribution < 1.29 is 24.3 Å². The first-order chi connectivity index (χ1) is 9.59. The molecule has 0 aliphatic carbocycles. The number of ether oxygens (including phenoxy) is 3. The number of rotatable bonds is 10. The van der Waals surface area contributed by atoms with Crippen LogP contribution >= 0.6 is 0 Å². The zero-order chi connectivity index (χ0) is 14.8.